The third-order valence-electron chi connectivity index (χ3n) is 8.56. The second kappa shape index (κ2) is 8.88. The fourth-order valence-electron chi connectivity index (χ4n) is 6.32. The molecule has 0 bridgehead atoms. The van der Waals surface area contributed by atoms with Crippen molar-refractivity contribution in [3.8, 4) is 11.3 Å². The molecule has 2 aromatic heterocycles. The number of hydrogen-bond acceptors (Lipinski definition) is 4. The van der Waals surface area contributed by atoms with E-state index < -0.39 is 23.4 Å². The predicted molar refractivity (Wildman–Crippen MR) is 142 cm³/mol. The number of benzene rings is 2. The first-order valence-electron chi connectivity index (χ1n) is 13.5. The fourth-order valence-corrected chi connectivity index (χ4v) is 6.32. The van der Waals surface area contributed by atoms with Gasteiger partial charge in [0.2, 0.25) is 0 Å². The van der Waals surface area contributed by atoms with Crippen LogP contribution in [0.4, 0.5) is 27.6 Å². The van der Waals surface area contributed by atoms with Gasteiger partial charge in [-0.2, -0.15) is 13.2 Å². The number of alkyl halides is 3. The van der Waals surface area contributed by atoms with Gasteiger partial charge in [0.15, 0.2) is 0 Å². The van der Waals surface area contributed by atoms with Crippen molar-refractivity contribution in [3.05, 3.63) is 82.8 Å². The van der Waals surface area contributed by atoms with Crippen LogP contribution >= 0.6 is 0 Å². The molecular weight excluding hydrogens is 525 g/mol. The van der Waals surface area contributed by atoms with Gasteiger partial charge in [-0.1, -0.05) is 17.3 Å². The van der Waals surface area contributed by atoms with Gasteiger partial charge in [0.1, 0.15) is 23.1 Å². The van der Waals surface area contributed by atoms with E-state index in [0.29, 0.717) is 30.1 Å². The quantitative estimate of drug-likeness (QED) is 0.239. The molecule has 0 unspecified atom stereocenters. The highest BCUT2D eigenvalue weighted by Gasteiger charge is 2.44. The molecule has 0 radical (unpaired) electrons. The van der Waals surface area contributed by atoms with Crippen LogP contribution in [0.3, 0.4) is 0 Å². The van der Waals surface area contributed by atoms with Crippen molar-refractivity contribution in [3.63, 3.8) is 0 Å². The molecule has 2 fully saturated rings. The summed E-state index contributed by atoms with van der Waals surface area (Å²) >= 11 is 0. The van der Waals surface area contributed by atoms with E-state index in [-0.39, 0.29) is 28.0 Å². The van der Waals surface area contributed by atoms with Gasteiger partial charge in [0.05, 0.1) is 16.6 Å². The second-order valence-corrected chi connectivity index (χ2v) is 11.3. The lowest BCUT2D eigenvalue weighted by molar-refractivity contribution is -0.136. The smallest absolute Gasteiger partial charge is 0.371 e. The van der Waals surface area contributed by atoms with Gasteiger partial charge in [0, 0.05) is 41.3 Å². The Bertz CT molecular complexity index is 1660. The van der Waals surface area contributed by atoms with Crippen LogP contribution in [0.25, 0.3) is 27.7 Å². The molecule has 2 aliphatic carbocycles. The summed E-state index contributed by atoms with van der Waals surface area (Å²) in [6.07, 6.45) is 2.04. The van der Waals surface area contributed by atoms with Crippen LogP contribution in [0.15, 0.2) is 53.1 Å². The molecule has 1 saturated carbocycles. The number of aryl methyl sites for hydroxylation is 1. The molecule has 40 heavy (non-hydrogen) atoms. The summed E-state index contributed by atoms with van der Waals surface area (Å²) in [5.74, 6) is -0.418. The van der Waals surface area contributed by atoms with Gasteiger partial charge < -0.3 is 9.42 Å². The van der Waals surface area contributed by atoms with Crippen LogP contribution in [-0.2, 0) is 6.18 Å². The first-order chi connectivity index (χ1) is 19.1. The van der Waals surface area contributed by atoms with Crippen molar-refractivity contribution < 1.29 is 26.5 Å². The number of rotatable bonds is 4. The maximum atomic E-state index is 14.7. The molecule has 4 aromatic rings. The summed E-state index contributed by atoms with van der Waals surface area (Å²) in [7, 11) is 0. The average molecular weight is 552 g/mol. The standard InChI is InChI=1S/C31H26F5N3O/c1-17-13-22(31(34,35)36)21-14-20(7-8-25(21)37-17)39-11-9-30(10-12-39)15-19(16-30)26-28(38-40-29(26)18-5-6-18)27-23(32)3-2-4-24(27)33/h2-4,7-8,13-15,18H,5-6,9-12,16H2,1H3. The Morgan fingerprint density at radius 1 is 0.975 bits per heavy atom. The number of fused-ring (bicyclic) bond motifs is 1. The second-order valence-electron chi connectivity index (χ2n) is 11.3. The predicted octanol–water partition coefficient (Wildman–Crippen LogP) is 8.45. The Kier molecular flexibility index (Phi) is 5.60. The molecule has 1 spiro atoms. The molecular formula is C31H26F5N3O. The summed E-state index contributed by atoms with van der Waals surface area (Å²) in [6, 6.07) is 9.97. The first-order valence-corrected chi connectivity index (χ1v) is 13.5. The molecule has 0 atom stereocenters. The monoisotopic (exact) mass is 551 g/mol. The van der Waals surface area contributed by atoms with E-state index in [4.69, 9.17) is 4.52 Å². The molecule has 3 aliphatic rings. The maximum absolute atomic E-state index is 14.7. The summed E-state index contributed by atoms with van der Waals surface area (Å²) in [6.45, 7) is 2.93. The lowest BCUT2D eigenvalue weighted by atomic mass is 9.63. The number of allylic oxidation sites excluding steroid dienone is 2. The van der Waals surface area contributed by atoms with Gasteiger partial charge in [-0.05, 0) is 86.4 Å². The Labute approximate surface area is 227 Å². The molecule has 1 saturated heterocycles. The summed E-state index contributed by atoms with van der Waals surface area (Å²) < 4.78 is 76.2. The zero-order chi connectivity index (χ0) is 27.8. The van der Waals surface area contributed by atoms with Crippen LogP contribution in [-0.4, -0.2) is 23.2 Å². The van der Waals surface area contributed by atoms with E-state index in [9.17, 15) is 22.0 Å². The van der Waals surface area contributed by atoms with Crippen LogP contribution in [0.5, 0.6) is 0 Å². The van der Waals surface area contributed by atoms with Gasteiger partial charge in [0.25, 0.3) is 0 Å². The molecule has 2 aromatic carbocycles. The van der Waals surface area contributed by atoms with E-state index >= 15 is 0 Å². The van der Waals surface area contributed by atoms with Crippen LogP contribution in [0.1, 0.15) is 60.6 Å². The summed E-state index contributed by atoms with van der Waals surface area (Å²) in [5.41, 5.74) is 2.45. The number of halogens is 5. The van der Waals surface area contributed by atoms with E-state index in [1.165, 1.54) is 18.2 Å². The normalized spacial score (nSPS) is 18.8. The minimum atomic E-state index is -4.46. The molecule has 0 amide bonds. The van der Waals surface area contributed by atoms with E-state index in [2.05, 4.69) is 21.1 Å². The molecule has 4 nitrogen and oxygen atoms in total. The van der Waals surface area contributed by atoms with Crippen molar-refractivity contribution in [2.24, 2.45) is 5.41 Å². The number of hydrogen-bond donors (Lipinski definition) is 0. The SMILES string of the molecule is Cc1cc(C(F)(F)F)c2cc(N3CCC4(C=C(c5c(-c6c(F)cccc6F)noc5C5CC5)C4)CC3)ccc2n1. The number of pyridine rings is 1. The zero-order valence-corrected chi connectivity index (χ0v) is 21.8. The Morgan fingerprint density at radius 2 is 1.68 bits per heavy atom. The van der Waals surface area contributed by atoms with Crippen molar-refractivity contribution in [2.45, 2.75) is 51.1 Å². The highest BCUT2D eigenvalue weighted by atomic mass is 19.4. The summed E-state index contributed by atoms with van der Waals surface area (Å²) in [4.78, 5) is 6.41. The number of piperidine rings is 1. The minimum Gasteiger partial charge on any atom is -0.371 e. The van der Waals surface area contributed by atoms with Crippen molar-refractivity contribution in [1.29, 1.82) is 0 Å². The fraction of sp³-hybridized carbons (Fsp3) is 0.355. The van der Waals surface area contributed by atoms with E-state index in [1.54, 1.807) is 19.1 Å². The minimum absolute atomic E-state index is 0.0678. The molecule has 9 heteroatoms. The highest BCUT2D eigenvalue weighted by molar-refractivity contribution is 5.87. The van der Waals surface area contributed by atoms with E-state index in [1.807, 2.05) is 6.07 Å². The Hall–Kier alpha value is -3.75. The van der Waals surface area contributed by atoms with Crippen molar-refractivity contribution in [1.82, 2.24) is 10.1 Å². The van der Waals surface area contributed by atoms with Crippen LogP contribution in [0.2, 0.25) is 0 Å². The van der Waals surface area contributed by atoms with Crippen molar-refractivity contribution >= 4 is 22.2 Å². The Balaban J connectivity index is 1.15. The molecule has 206 valence electrons. The zero-order valence-electron chi connectivity index (χ0n) is 21.8. The highest BCUT2D eigenvalue weighted by Crippen LogP contribution is 2.56. The number of anilines is 1. The third-order valence-corrected chi connectivity index (χ3v) is 8.56. The van der Waals surface area contributed by atoms with Gasteiger partial charge in [-0.25, -0.2) is 8.78 Å². The maximum Gasteiger partial charge on any atom is 0.417 e. The lowest BCUT2D eigenvalue weighted by Crippen LogP contribution is -2.42. The molecule has 0 N–H and O–H groups in total. The first kappa shape index (κ1) is 25.2. The molecule has 7 rings (SSSR count). The largest absolute Gasteiger partial charge is 0.417 e. The number of aromatic nitrogens is 2. The summed E-state index contributed by atoms with van der Waals surface area (Å²) in [5, 5.41) is 4.23. The van der Waals surface area contributed by atoms with Gasteiger partial charge >= 0.3 is 6.18 Å². The molecule has 3 heterocycles. The molecule has 1 aliphatic heterocycles. The van der Waals surface area contributed by atoms with Gasteiger partial charge in [-0.3, -0.25) is 4.98 Å². The topological polar surface area (TPSA) is 42.2 Å². The van der Waals surface area contributed by atoms with Crippen LogP contribution < -0.4 is 4.90 Å². The third kappa shape index (κ3) is 4.17. The van der Waals surface area contributed by atoms with E-state index in [0.717, 1.165) is 55.0 Å². The number of nitrogens with zero attached hydrogens (tertiary/aromatic N) is 3. The van der Waals surface area contributed by atoms with Crippen molar-refractivity contribution in [2.75, 3.05) is 18.0 Å². The van der Waals surface area contributed by atoms with Crippen LogP contribution in [0, 0.1) is 24.0 Å². The van der Waals surface area contributed by atoms with Gasteiger partial charge in [-0.15, -0.1) is 0 Å². The average Bonchev–Trinajstić information content (AvgIpc) is 3.65. The Morgan fingerprint density at radius 3 is 2.33 bits per heavy atom. The lowest BCUT2D eigenvalue weighted by Gasteiger charge is -2.47.